The van der Waals surface area contributed by atoms with E-state index in [1.165, 1.54) is 0 Å². The third-order valence-electron chi connectivity index (χ3n) is 4.80. The molecule has 4 aromatic rings. The molecule has 0 unspecified atom stereocenters. The Kier molecular flexibility index (Phi) is 5.90. The van der Waals surface area contributed by atoms with Gasteiger partial charge in [0.05, 0.1) is 22.9 Å². The molecule has 0 aliphatic carbocycles. The second-order valence-corrected chi connectivity index (χ2v) is 8.62. The first-order valence-electron chi connectivity index (χ1n) is 9.84. The molecule has 0 aliphatic heterocycles. The Bertz CT molecular complexity index is 1220. The summed E-state index contributed by atoms with van der Waals surface area (Å²) in [5, 5.41) is 1.88. The molecule has 7 nitrogen and oxygen atoms in total. The number of rotatable bonds is 6. The lowest BCUT2D eigenvalue weighted by Gasteiger charge is -2.16. The summed E-state index contributed by atoms with van der Waals surface area (Å²) >= 11 is 1.58. The molecular weight excluding hydrogens is 408 g/mol. The molecule has 0 fully saturated rings. The minimum atomic E-state index is -0.0665. The van der Waals surface area contributed by atoms with Crippen molar-refractivity contribution in [1.29, 1.82) is 0 Å². The van der Waals surface area contributed by atoms with Crippen LogP contribution >= 0.6 is 11.8 Å². The zero-order valence-electron chi connectivity index (χ0n) is 17.9. The molecule has 2 heterocycles. The Morgan fingerprint density at radius 2 is 1.74 bits per heavy atom. The van der Waals surface area contributed by atoms with Crippen LogP contribution in [0.5, 0.6) is 5.75 Å². The van der Waals surface area contributed by atoms with E-state index in [1.807, 2.05) is 56.3 Å². The van der Waals surface area contributed by atoms with Crippen LogP contribution in [0.1, 0.15) is 18.0 Å². The largest absolute Gasteiger partial charge is 0.497 e. The number of aromatic nitrogens is 4. The molecule has 0 radical (unpaired) electrons. The molecule has 0 saturated heterocycles. The fourth-order valence-corrected chi connectivity index (χ4v) is 4.15. The topological polar surface area (TPSA) is 90.0 Å². The maximum Gasteiger partial charge on any atom is 0.229 e. The Labute approximate surface area is 185 Å². The summed E-state index contributed by atoms with van der Waals surface area (Å²) in [5.74, 6) is 2.14. The zero-order valence-corrected chi connectivity index (χ0v) is 18.7. The van der Waals surface area contributed by atoms with Crippen LogP contribution in [0, 0.1) is 0 Å². The summed E-state index contributed by atoms with van der Waals surface area (Å²) in [6.45, 7) is 2.04. The Morgan fingerprint density at radius 3 is 2.45 bits per heavy atom. The van der Waals surface area contributed by atoms with Crippen LogP contribution in [-0.2, 0) is 0 Å². The third-order valence-corrected chi connectivity index (χ3v) is 5.81. The second-order valence-electron chi connectivity index (χ2n) is 7.26. The molecule has 2 N–H and O–H groups in total. The van der Waals surface area contributed by atoms with Gasteiger partial charge in [0.15, 0.2) is 0 Å². The number of nitrogens with two attached hydrogens (primary N) is 1. The summed E-state index contributed by atoms with van der Waals surface area (Å²) in [5.41, 5.74) is 9.03. The zero-order chi connectivity index (χ0) is 22.0. The van der Waals surface area contributed by atoms with Gasteiger partial charge in [-0.25, -0.2) is 4.98 Å². The number of pyridine rings is 1. The maximum atomic E-state index is 5.91. The molecule has 2 aromatic carbocycles. The highest BCUT2D eigenvalue weighted by Crippen LogP contribution is 2.38. The van der Waals surface area contributed by atoms with E-state index >= 15 is 0 Å². The van der Waals surface area contributed by atoms with Gasteiger partial charge in [0.2, 0.25) is 11.9 Å². The molecular formula is C23H24N6OS. The lowest BCUT2D eigenvalue weighted by molar-refractivity contribution is 0.415. The number of hydrogen-bond acceptors (Lipinski definition) is 8. The monoisotopic (exact) mass is 432 g/mol. The van der Waals surface area contributed by atoms with Crippen molar-refractivity contribution in [3.05, 3.63) is 60.4 Å². The minimum Gasteiger partial charge on any atom is -0.497 e. The van der Waals surface area contributed by atoms with Crippen LogP contribution in [0.15, 0.2) is 59.6 Å². The Balaban J connectivity index is 1.77. The number of anilines is 2. The minimum absolute atomic E-state index is 0.0665. The lowest BCUT2D eigenvalue weighted by Crippen LogP contribution is -2.16. The Hall–Kier alpha value is -3.39. The number of ether oxygens (including phenoxy) is 1. The summed E-state index contributed by atoms with van der Waals surface area (Å²) in [6, 6.07) is 18.4. The van der Waals surface area contributed by atoms with Gasteiger partial charge in [0.1, 0.15) is 11.6 Å². The Morgan fingerprint density at radius 1 is 0.968 bits per heavy atom. The quantitative estimate of drug-likeness (QED) is 0.442. The van der Waals surface area contributed by atoms with Crippen molar-refractivity contribution in [3.8, 4) is 16.9 Å². The number of hydrogen-bond donors (Lipinski definition) is 1. The average molecular weight is 433 g/mol. The normalized spacial score (nSPS) is 12.0. The fourth-order valence-electron chi connectivity index (χ4n) is 3.24. The molecule has 31 heavy (non-hydrogen) atoms. The summed E-state index contributed by atoms with van der Waals surface area (Å²) < 4.78 is 5.41. The first-order valence-corrected chi connectivity index (χ1v) is 10.7. The van der Waals surface area contributed by atoms with E-state index in [2.05, 4.69) is 39.2 Å². The average Bonchev–Trinajstić information content (AvgIpc) is 2.78. The van der Waals surface area contributed by atoms with E-state index in [0.717, 1.165) is 32.8 Å². The number of fused-ring (bicyclic) bond motifs is 1. The van der Waals surface area contributed by atoms with Crippen molar-refractivity contribution in [1.82, 2.24) is 19.9 Å². The third kappa shape index (κ3) is 4.54. The van der Waals surface area contributed by atoms with Gasteiger partial charge in [-0.3, -0.25) is 0 Å². The van der Waals surface area contributed by atoms with Crippen LogP contribution in [0.2, 0.25) is 0 Å². The molecule has 0 spiro atoms. The van der Waals surface area contributed by atoms with Crippen molar-refractivity contribution >= 4 is 34.6 Å². The number of methoxy groups -OCH3 is 1. The molecule has 0 saturated carbocycles. The van der Waals surface area contributed by atoms with E-state index in [9.17, 15) is 0 Å². The molecule has 0 amide bonds. The highest BCUT2D eigenvalue weighted by atomic mass is 32.2. The first kappa shape index (κ1) is 20.9. The molecule has 1 atom stereocenters. The van der Waals surface area contributed by atoms with Crippen molar-refractivity contribution in [2.24, 2.45) is 0 Å². The maximum absolute atomic E-state index is 5.91. The van der Waals surface area contributed by atoms with E-state index in [1.54, 1.807) is 18.9 Å². The molecule has 4 rings (SSSR count). The van der Waals surface area contributed by atoms with Gasteiger partial charge in [0.25, 0.3) is 0 Å². The summed E-state index contributed by atoms with van der Waals surface area (Å²) in [6.07, 6.45) is 0. The van der Waals surface area contributed by atoms with Crippen molar-refractivity contribution in [2.45, 2.75) is 17.2 Å². The summed E-state index contributed by atoms with van der Waals surface area (Å²) in [4.78, 5) is 19.8. The van der Waals surface area contributed by atoms with Gasteiger partial charge < -0.3 is 15.4 Å². The van der Waals surface area contributed by atoms with Crippen molar-refractivity contribution < 1.29 is 4.74 Å². The van der Waals surface area contributed by atoms with Crippen LogP contribution < -0.4 is 15.4 Å². The van der Waals surface area contributed by atoms with Gasteiger partial charge in [-0.05, 0) is 36.2 Å². The van der Waals surface area contributed by atoms with Crippen LogP contribution in [0.3, 0.4) is 0 Å². The van der Waals surface area contributed by atoms with Crippen LogP contribution in [0.4, 0.5) is 11.9 Å². The van der Waals surface area contributed by atoms with Gasteiger partial charge >= 0.3 is 0 Å². The van der Waals surface area contributed by atoms with Crippen LogP contribution in [0.25, 0.3) is 22.0 Å². The van der Waals surface area contributed by atoms with E-state index < -0.39 is 0 Å². The second kappa shape index (κ2) is 8.77. The predicted octanol–water partition coefficient (Wildman–Crippen LogP) is 4.60. The van der Waals surface area contributed by atoms with Gasteiger partial charge in [0, 0.05) is 25.5 Å². The standard InChI is InChI=1S/C23H24N6OS/c1-14(21-26-22(24)28-23(27-21)29(2)3)31-20-13-18(15-8-6-5-7-9-15)17-11-10-16(30-4)12-19(17)25-20/h5-14H,1-4H3,(H2,24,26,27,28)/t14-/m1/s1. The predicted molar refractivity (Wildman–Crippen MR) is 127 cm³/mol. The van der Waals surface area contributed by atoms with Gasteiger partial charge in [-0.15, -0.1) is 0 Å². The van der Waals surface area contributed by atoms with Gasteiger partial charge in [-0.2, -0.15) is 15.0 Å². The highest BCUT2D eigenvalue weighted by Gasteiger charge is 2.17. The highest BCUT2D eigenvalue weighted by molar-refractivity contribution is 7.99. The fraction of sp³-hybridized carbons (Fsp3) is 0.217. The van der Waals surface area contributed by atoms with Gasteiger partial charge in [-0.1, -0.05) is 42.1 Å². The van der Waals surface area contributed by atoms with E-state index in [4.69, 9.17) is 15.5 Å². The molecule has 0 bridgehead atoms. The van der Waals surface area contributed by atoms with Crippen LogP contribution in [-0.4, -0.2) is 41.1 Å². The number of thioether (sulfide) groups is 1. The number of nitrogens with zero attached hydrogens (tertiary/aromatic N) is 5. The van der Waals surface area contributed by atoms with Crippen molar-refractivity contribution in [2.75, 3.05) is 31.8 Å². The number of nitrogen functional groups attached to an aromatic ring is 1. The molecule has 158 valence electrons. The van der Waals surface area contributed by atoms with E-state index in [0.29, 0.717) is 11.8 Å². The molecule has 2 aromatic heterocycles. The molecule has 0 aliphatic rings. The molecule has 8 heteroatoms. The van der Waals surface area contributed by atoms with E-state index in [-0.39, 0.29) is 11.2 Å². The van der Waals surface area contributed by atoms with Crippen molar-refractivity contribution in [3.63, 3.8) is 0 Å². The first-order chi connectivity index (χ1) is 14.9. The SMILES string of the molecule is COc1ccc2c(-c3ccccc3)cc(S[C@H](C)c3nc(N)nc(N(C)C)n3)nc2c1. The lowest BCUT2D eigenvalue weighted by atomic mass is 10.0. The smallest absolute Gasteiger partial charge is 0.229 e. The summed E-state index contributed by atoms with van der Waals surface area (Å²) in [7, 11) is 5.41. The number of benzene rings is 2.